The van der Waals surface area contributed by atoms with E-state index >= 15 is 0 Å². The Morgan fingerprint density at radius 1 is 1.06 bits per heavy atom. The first-order chi connectivity index (χ1) is 7.48. The molecule has 0 radical (unpaired) electrons. The van der Waals surface area contributed by atoms with Gasteiger partial charge in [-0.15, -0.1) is 0 Å². The average Bonchev–Trinajstić information content (AvgIpc) is 2.63. The van der Waals surface area contributed by atoms with Gasteiger partial charge in [0.1, 0.15) is 0 Å². The number of rotatable bonds is 1. The van der Waals surface area contributed by atoms with Gasteiger partial charge in [-0.3, -0.25) is 0 Å². The van der Waals surface area contributed by atoms with Crippen LogP contribution in [0.2, 0.25) is 0 Å². The van der Waals surface area contributed by atoms with Gasteiger partial charge < -0.3 is 0 Å². The third-order valence-corrected chi connectivity index (χ3v) is 3.23. The van der Waals surface area contributed by atoms with Gasteiger partial charge in [0.05, 0.1) is 0 Å². The van der Waals surface area contributed by atoms with Gasteiger partial charge in [0.15, 0.2) is 0 Å². The molecule has 0 N–H and O–H groups in total. The van der Waals surface area contributed by atoms with E-state index in [1.165, 1.54) is 20.9 Å². The fraction of sp³-hybridized carbons (Fsp3) is 0.333. The van der Waals surface area contributed by atoms with Gasteiger partial charge in [-0.05, 0) is 0 Å². The zero-order chi connectivity index (χ0) is 11.8. The van der Waals surface area contributed by atoms with Crippen molar-refractivity contribution in [3.05, 3.63) is 51.8 Å². The van der Waals surface area contributed by atoms with Crippen LogP contribution in [0.4, 0.5) is 0 Å². The molecule has 0 saturated carbocycles. The second kappa shape index (κ2) is 4.28. The maximum absolute atomic E-state index is 2.25. The molecule has 1 aromatic carbocycles. The van der Waals surface area contributed by atoms with Crippen LogP contribution in [-0.2, 0) is 5.41 Å². The van der Waals surface area contributed by atoms with Crippen LogP contribution in [0, 0.1) is 0 Å². The number of allylic oxidation sites excluding steroid dienone is 4. The van der Waals surface area contributed by atoms with E-state index < -0.39 is 0 Å². The predicted molar refractivity (Wildman–Crippen MR) is 71.6 cm³/mol. The Morgan fingerprint density at radius 2 is 1.69 bits per heavy atom. The minimum absolute atomic E-state index is 0.244. The molecule has 1 aliphatic rings. The predicted octanol–water partition coefficient (Wildman–Crippen LogP) is 3.82. The first kappa shape index (κ1) is 11.8. The van der Waals surface area contributed by atoms with Crippen molar-refractivity contribution >= 4 is 23.3 Å². The maximum atomic E-state index is 2.25. The number of hydrogen-bond donors (Lipinski definition) is 0. The fourth-order valence-electron chi connectivity index (χ4n) is 2.10. The van der Waals surface area contributed by atoms with Gasteiger partial charge >= 0.3 is 108 Å². The van der Waals surface area contributed by atoms with Crippen LogP contribution in [0.1, 0.15) is 38.3 Å². The third-order valence-electron chi connectivity index (χ3n) is 3.23. The molecular formula is C15H17Li. The zero-order valence-corrected chi connectivity index (χ0v) is 10.7. The molecule has 0 fully saturated rings. The molecule has 0 aliphatic heterocycles. The third kappa shape index (κ3) is 2.34. The quantitative estimate of drug-likeness (QED) is 0.610. The Hall–Kier alpha value is -0.703. The Labute approximate surface area is 108 Å². The van der Waals surface area contributed by atoms with Gasteiger partial charge in [-0.1, -0.05) is 0 Å². The van der Waals surface area contributed by atoms with Crippen molar-refractivity contribution in [2.45, 2.75) is 32.6 Å². The van der Waals surface area contributed by atoms with Gasteiger partial charge in [0, 0.05) is 0 Å². The molecule has 1 aromatic rings. The van der Waals surface area contributed by atoms with Gasteiger partial charge in [0.25, 0.3) is 0 Å². The van der Waals surface area contributed by atoms with E-state index in [0.29, 0.717) is 0 Å². The van der Waals surface area contributed by atoms with Crippen molar-refractivity contribution in [1.82, 2.24) is 0 Å². The van der Waals surface area contributed by atoms with Crippen LogP contribution >= 0.6 is 0 Å². The topological polar surface area (TPSA) is 0 Å². The molecule has 0 atom stereocenters. The molecule has 1 heteroatoms. The van der Waals surface area contributed by atoms with E-state index in [4.69, 9.17) is 0 Å². The standard InChI is InChI=1S/C15H17.Li/c1-15(2,3)14-10-8-13(9-11-14)12-6-4-5-7-12;/h4,6,8-11H,5H2,1-3H3;. The normalized spacial score (nSPS) is 16.1. The molecule has 0 spiro atoms. The second-order valence-corrected chi connectivity index (χ2v) is 5.63. The Bertz CT molecular complexity index is 441. The SMILES string of the molecule is [Li][C]1=C(c2ccc(C(C)(C)C)cc2)C=CC1. The van der Waals surface area contributed by atoms with Gasteiger partial charge in [-0.25, -0.2) is 0 Å². The molecule has 1 aliphatic carbocycles. The summed E-state index contributed by atoms with van der Waals surface area (Å²) in [6, 6.07) is 8.99. The van der Waals surface area contributed by atoms with Crippen molar-refractivity contribution < 1.29 is 0 Å². The minimum atomic E-state index is 0.244. The first-order valence-electron chi connectivity index (χ1n) is 5.96. The summed E-state index contributed by atoms with van der Waals surface area (Å²) < 4.78 is 1.48. The van der Waals surface area contributed by atoms with E-state index in [1.807, 2.05) is 0 Å². The van der Waals surface area contributed by atoms with Crippen LogP contribution in [0.3, 0.4) is 0 Å². The summed E-state index contributed by atoms with van der Waals surface area (Å²) in [4.78, 5) is 0. The van der Waals surface area contributed by atoms with Crippen molar-refractivity contribution in [2.24, 2.45) is 0 Å². The molecule has 0 heterocycles. The summed E-state index contributed by atoms with van der Waals surface area (Å²) in [5.41, 5.74) is 4.39. The van der Waals surface area contributed by atoms with Crippen LogP contribution in [-0.4, -0.2) is 17.7 Å². The summed E-state index contributed by atoms with van der Waals surface area (Å²) in [6.07, 6.45) is 5.58. The van der Waals surface area contributed by atoms with Crippen molar-refractivity contribution in [3.63, 3.8) is 0 Å². The monoisotopic (exact) mass is 204 g/mol. The molecule has 0 saturated heterocycles. The number of benzene rings is 1. The molecular weight excluding hydrogens is 187 g/mol. The molecule has 0 amide bonds. The van der Waals surface area contributed by atoms with E-state index in [1.54, 1.807) is 0 Å². The van der Waals surface area contributed by atoms with Gasteiger partial charge in [0.2, 0.25) is 0 Å². The average molecular weight is 204 g/mol. The van der Waals surface area contributed by atoms with Crippen LogP contribution < -0.4 is 0 Å². The van der Waals surface area contributed by atoms with E-state index in [0.717, 1.165) is 6.42 Å². The first-order valence-corrected chi connectivity index (χ1v) is 5.96. The van der Waals surface area contributed by atoms with Crippen molar-refractivity contribution in [1.29, 1.82) is 0 Å². The molecule has 0 bridgehead atoms. The second-order valence-electron chi connectivity index (χ2n) is 5.63. The van der Waals surface area contributed by atoms with Crippen molar-refractivity contribution in [2.75, 3.05) is 0 Å². The molecule has 0 nitrogen and oxygen atoms in total. The number of hydrogen-bond acceptors (Lipinski definition) is 0. The molecule has 78 valence electrons. The van der Waals surface area contributed by atoms with E-state index in [9.17, 15) is 0 Å². The Balaban J connectivity index is 2.34. The van der Waals surface area contributed by atoms with E-state index in [2.05, 4.69) is 74.9 Å². The summed E-state index contributed by atoms with van der Waals surface area (Å²) >= 11 is 2.22. The van der Waals surface area contributed by atoms with Gasteiger partial charge in [-0.2, -0.15) is 0 Å². The van der Waals surface area contributed by atoms with Crippen LogP contribution in [0.5, 0.6) is 0 Å². The molecule has 0 aromatic heterocycles. The van der Waals surface area contributed by atoms with Crippen molar-refractivity contribution in [3.8, 4) is 0 Å². The van der Waals surface area contributed by atoms with E-state index in [-0.39, 0.29) is 5.41 Å². The molecule has 16 heavy (non-hydrogen) atoms. The van der Waals surface area contributed by atoms with Crippen LogP contribution in [0.15, 0.2) is 40.7 Å². The molecule has 0 unspecified atom stereocenters. The zero-order valence-electron chi connectivity index (χ0n) is 10.7. The molecule has 2 rings (SSSR count). The van der Waals surface area contributed by atoms with Crippen LogP contribution in [0.25, 0.3) is 5.57 Å². The Kier molecular flexibility index (Phi) is 3.15. The summed E-state index contributed by atoms with van der Waals surface area (Å²) in [5.74, 6) is 0. The summed E-state index contributed by atoms with van der Waals surface area (Å²) in [5, 5.41) is 0. The fourth-order valence-corrected chi connectivity index (χ4v) is 2.10. The summed E-state index contributed by atoms with van der Waals surface area (Å²) in [6.45, 7) is 6.76. The summed E-state index contributed by atoms with van der Waals surface area (Å²) in [7, 11) is 0. The Morgan fingerprint density at radius 3 is 2.12 bits per heavy atom.